The number of ether oxygens (including phenoxy) is 2. The molecule has 0 amide bonds. The SMILES string of the molecule is CCCC(=O)Oc1c(Br)cc(C(C)(C)c2cc(Br)c(OC(=O)CCC)c(Br)c2)cc1Br. The Bertz CT molecular complexity index is 862. The van der Waals surface area contributed by atoms with Crippen molar-refractivity contribution in [3.8, 4) is 11.5 Å². The zero-order valence-corrected chi connectivity index (χ0v) is 24.1. The lowest BCUT2D eigenvalue weighted by molar-refractivity contribution is -0.135. The molecule has 0 fully saturated rings. The summed E-state index contributed by atoms with van der Waals surface area (Å²) in [6.45, 7) is 8.06. The van der Waals surface area contributed by atoms with Crippen LogP contribution in [0.3, 0.4) is 0 Å². The molecule has 0 aromatic heterocycles. The summed E-state index contributed by atoms with van der Waals surface area (Å²) in [6.07, 6.45) is 2.19. The van der Waals surface area contributed by atoms with Crippen LogP contribution >= 0.6 is 63.7 Å². The molecule has 0 saturated carbocycles. The molecule has 2 aromatic carbocycles. The van der Waals surface area contributed by atoms with Crippen molar-refractivity contribution < 1.29 is 19.1 Å². The number of esters is 2. The van der Waals surface area contributed by atoms with Crippen molar-refractivity contribution in [1.82, 2.24) is 0 Å². The van der Waals surface area contributed by atoms with Crippen molar-refractivity contribution in [2.24, 2.45) is 0 Å². The minimum absolute atomic E-state index is 0.267. The van der Waals surface area contributed by atoms with Crippen molar-refractivity contribution in [2.75, 3.05) is 0 Å². The number of carbonyl (C=O) groups excluding carboxylic acids is 2. The minimum Gasteiger partial charge on any atom is -0.424 e. The van der Waals surface area contributed by atoms with E-state index in [1.54, 1.807) is 0 Å². The molecule has 31 heavy (non-hydrogen) atoms. The maximum absolute atomic E-state index is 11.9. The summed E-state index contributed by atoms with van der Waals surface area (Å²) in [5.74, 6) is 0.408. The van der Waals surface area contributed by atoms with Gasteiger partial charge in [-0.2, -0.15) is 0 Å². The third-order valence-corrected chi connectivity index (χ3v) is 7.14. The Kier molecular flexibility index (Phi) is 9.79. The van der Waals surface area contributed by atoms with E-state index in [4.69, 9.17) is 9.47 Å². The van der Waals surface area contributed by atoms with Crippen LogP contribution in [0.4, 0.5) is 0 Å². The van der Waals surface area contributed by atoms with Gasteiger partial charge in [0.25, 0.3) is 0 Å². The Morgan fingerprint density at radius 3 is 1.26 bits per heavy atom. The van der Waals surface area contributed by atoms with Crippen molar-refractivity contribution in [3.63, 3.8) is 0 Å². The van der Waals surface area contributed by atoms with E-state index in [2.05, 4.69) is 77.6 Å². The number of hydrogen-bond acceptors (Lipinski definition) is 4. The van der Waals surface area contributed by atoms with Gasteiger partial charge in [-0.3, -0.25) is 9.59 Å². The second-order valence-corrected chi connectivity index (χ2v) is 11.0. The first-order chi connectivity index (χ1) is 14.5. The van der Waals surface area contributed by atoms with E-state index in [0.29, 0.717) is 42.2 Å². The van der Waals surface area contributed by atoms with E-state index < -0.39 is 5.41 Å². The average Bonchev–Trinajstić information content (AvgIpc) is 2.67. The minimum atomic E-state index is -0.395. The highest BCUT2D eigenvalue weighted by Gasteiger charge is 2.28. The average molecular weight is 684 g/mol. The number of hydrogen-bond donors (Lipinski definition) is 0. The van der Waals surface area contributed by atoms with Gasteiger partial charge in [0.15, 0.2) is 11.5 Å². The van der Waals surface area contributed by atoms with E-state index in [-0.39, 0.29) is 11.9 Å². The van der Waals surface area contributed by atoms with Gasteiger partial charge in [-0.05, 0) is 112 Å². The van der Waals surface area contributed by atoms with Crippen molar-refractivity contribution in [3.05, 3.63) is 53.3 Å². The van der Waals surface area contributed by atoms with Gasteiger partial charge in [0, 0.05) is 18.3 Å². The summed E-state index contributed by atoms with van der Waals surface area (Å²) < 4.78 is 13.8. The molecule has 4 nitrogen and oxygen atoms in total. The van der Waals surface area contributed by atoms with E-state index in [1.807, 2.05) is 38.1 Å². The molecule has 0 aliphatic heterocycles. The molecule has 0 saturated heterocycles. The van der Waals surface area contributed by atoms with Gasteiger partial charge in [-0.25, -0.2) is 0 Å². The van der Waals surface area contributed by atoms with Gasteiger partial charge in [-0.15, -0.1) is 0 Å². The smallest absolute Gasteiger partial charge is 0.311 e. The van der Waals surface area contributed by atoms with E-state index in [9.17, 15) is 9.59 Å². The lowest BCUT2D eigenvalue weighted by atomic mass is 9.78. The second kappa shape index (κ2) is 11.4. The number of halogens is 4. The molecule has 0 aliphatic rings. The van der Waals surface area contributed by atoms with Crippen LogP contribution in [0, 0.1) is 0 Å². The summed E-state index contributed by atoms with van der Waals surface area (Å²) in [6, 6.07) is 7.82. The predicted octanol–water partition coefficient (Wildman–Crippen LogP) is 8.47. The molecule has 168 valence electrons. The van der Waals surface area contributed by atoms with Gasteiger partial charge in [0.05, 0.1) is 17.9 Å². The fraction of sp³-hybridized carbons (Fsp3) is 0.391. The van der Waals surface area contributed by atoms with Crippen LogP contribution in [0.5, 0.6) is 11.5 Å². The summed E-state index contributed by atoms with van der Waals surface area (Å²) >= 11 is 14.2. The molecule has 0 N–H and O–H groups in total. The highest BCUT2D eigenvalue weighted by Crippen LogP contribution is 2.44. The highest BCUT2D eigenvalue weighted by atomic mass is 79.9. The third kappa shape index (κ3) is 6.65. The van der Waals surface area contributed by atoms with Crippen molar-refractivity contribution in [2.45, 2.75) is 58.8 Å². The molecule has 8 heteroatoms. The first-order valence-electron chi connectivity index (χ1n) is 9.91. The topological polar surface area (TPSA) is 52.6 Å². The normalized spacial score (nSPS) is 11.4. The Balaban J connectivity index is 2.41. The Morgan fingerprint density at radius 2 is 1.00 bits per heavy atom. The highest BCUT2D eigenvalue weighted by molar-refractivity contribution is 9.11. The molecule has 0 bridgehead atoms. The Morgan fingerprint density at radius 1 is 0.710 bits per heavy atom. The maximum Gasteiger partial charge on any atom is 0.311 e. The third-order valence-electron chi connectivity index (χ3n) is 4.78. The van der Waals surface area contributed by atoms with Gasteiger partial charge in [0.1, 0.15) is 0 Å². The molecule has 2 rings (SSSR count). The van der Waals surface area contributed by atoms with Crippen LogP contribution in [0.25, 0.3) is 0 Å². The second-order valence-electron chi connectivity index (χ2n) is 7.61. The van der Waals surface area contributed by atoms with E-state index >= 15 is 0 Å². The molecule has 0 atom stereocenters. The van der Waals surface area contributed by atoms with Crippen LogP contribution in [0.2, 0.25) is 0 Å². The largest absolute Gasteiger partial charge is 0.424 e. The Labute approximate surface area is 217 Å². The summed E-state index contributed by atoms with van der Waals surface area (Å²) in [5, 5.41) is 0. The van der Waals surface area contributed by atoms with Crippen LogP contribution < -0.4 is 9.47 Å². The molecule has 2 aromatic rings. The Hall–Kier alpha value is -0.700. The predicted molar refractivity (Wildman–Crippen MR) is 137 cm³/mol. The fourth-order valence-corrected chi connectivity index (χ4v) is 5.64. The van der Waals surface area contributed by atoms with Crippen LogP contribution in [-0.2, 0) is 15.0 Å². The molecule has 0 unspecified atom stereocenters. The van der Waals surface area contributed by atoms with Gasteiger partial charge in [-0.1, -0.05) is 27.7 Å². The standard InChI is InChI=1S/C23H24Br4O4/c1-5-7-19(28)30-21-15(24)9-13(10-16(21)25)23(3,4)14-11-17(26)22(18(27)12-14)31-20(29)8-6-2/h9-12H,5-8H2,1-4H3. The summed E-state index contributed by atoms with van der Waals surface area (Å²) in [7, 11) is 0. The molecular weight excluding hydrogens is 660 g/mol. The molecule has 0 heterocycles. The van der Waals surface area contributed by atoms with Crippen molar-refractivity contribution in [1.29, 1.82) is 0 Å². The zero-order chi connectivity index (χ0) is 23.3. The quantitative estimate of drug-likeness (QED) is 0.207. The molecule has 0 spiro atoms. The number of rotatable bonds is 8. The van der Waals surface area contributed by atoms with Gasteiger partial charge < -0.3 is 9.47 Å². The summed E-state index contributed by atoms with van der Waals surface area (Å²) in [4.78, 5) is 23.9. The van der Waals surface area contributed by atoms with Crippen LogP contribution in [-0.4, -0.2) is 11.9 Å². The monoisotopic (exact) mass is 680 g/mol. The summed E-state index contributed by atoms with van der Waals surface area (Å²) in [5.41, 5.74) is 1.63. The van der Waals surface area contributed by atoms with Gasteiger partial charge >= 0.3 is 11.9 Å². The lowest BCUT2D eigenvalue weighted by Crippen LogP contribution is -2.20. The van der Waals surface area contributed by atoms with Crippen molar-refractivity contribution >= 4 is 75.7 Å². The van der Waals surface area contributed by atoms with E-state index in [1.165, 1.54) is 0 Å². The number of carbonyl (C=O) groups is 2. The van der Waals surface area contributed by atoms with Crippen LogP contribution in [0.1, 0.15) is 64.5 Å². The first kappa shape index (κ1) is 26.6. The molecule has 0 radical (unpaired) electrons. The number of benzene rings is 2. The molecular formula is C23H24Br4O4. The van der Waals surface area contributed by atoms with Gasteiger partial charge in [0.2, 0.25) is 0 Å². The zero-order valence-electron chi connectivity index (χ0n) is 17.8. The lowest BCUT2D eigenvalue weighted by Gasteiger charge is -2.28. The van der Waals surface area contributed by atoms with Crippen LogP contribution in [0.15, 0.2) is 42.2 Å². The fourth-order valence-electron chi connectivity index (χ4n) is 2.94. The van der Waals surface area contributed by atoms with E-state index in [0.717, 1.165) is 24.0 Å². The first-order valence-corrected chi connectivity index (χ1v) is 13.1. The maximum atomic E-state index is 11.9. The molecule has 0 aliphatic carbocycles.